The van der Waals surface area contributed by atoms with Crippen LogP contribution in [0.3, 0.4) is 0 Å². The summed E-state index contributed by atoms with van der Waals surface area (Å²) in [5.41, 5.74) is 6.99. The molecule has 3 N–H and O–H groups in total. The zero-order chi connectivity index (χ0) is 14.5. The van der Waals surface area contributed by atoms with Gasteiger partial charge in [0.2, 0.25) is 10.0 Å². The normalized spacial score (nSPS) is 12.0. The summed E-state index contributed by atoms with van der Waals surface area (Å²) in [4.78, 5) is 2.23. The lowest BCUT2D eigenvalue weighted by Gasteiger charge is -2.11. The Hall–Kier alpha value is -1.11. The van der Waals surface area contributed by atoms with Crippen molar-refractivity contribution in [1.82, 2.24) is 9.62 Å². The van der Waals surface area contributed by atoms with Gasteiger partial charge in [-0.05, 0) is 58.1 Å². The van der Waals surface area contributed by atoms with E-state index in [2.05, 4.69) is 9.62 Å². The Morgan fingerprint density at radius 2 is 1.95 bits per heavy atom. The van der Waals surface area contributed by atoms with E-state index < -0.39 is 10.0 Å². The maximum Gasteiger partial charge on any atom is 0.242 e. The van der Waals surface area contributed by atoms with Crippen molar-refractivity contribution in [3.8, 4) is 0 Å². The molecule has 0 spiro atoms. The number of nitrogens with one attached hydrogen (secondary N) is 1. The van der Waals surface area contributed by atoms with E-state index in [0.717, 1.165) is 24.9 Å². The monoisotopic (exact) mass is 285 g/mol. The molecule has 0 fully saturated rings. The number of benzene rings is 1. The predicted octanol–water partition coefficient (Wildman–Crippen LogP) is 1.20. The molecule has 0 unspecified atom stereocenters. The van der Waals surface area contributed by atoms with Crippen molar-refractivity contribution in [1.29, 1.82) is 0 Å². The summed E-state index contributed by atoms with van der Waals surface area (Å²) < 4.78 is 26.7. The standard InChI is InChI=1S/C13H23N3O2S/c1-11-6-7-13(12(14)10-11)19(17,18)15-8-4-5-9-16(2)3/h6-7,10,15H,4-5,8-9,14H2,1-3H3. The topological polar surface area (TPSA) is 75.4 Å². The summed E-state index contributed by atoms with van der Waals surface area (Å²) >= 11 is 0. The highest BCUT2D eigenvalue weighted by molar-refractivity contribution is 7.89. The van der Waals surface area contributed by atoms with Crippen molar-refractivity contribution in [2.24, 2.45) is 0 Å². The van der Waals surface area contributed by atoms with Crippen LogP contribution in [0, 0.1) is 6.92 Å². The van der Waals surface area contributed by atoms with Crippen molar-refractivity contribution in [3.63, 3.8) is 0 Å². The molecule has 0 saturated carbocycles. The van der Waals surface area contributed by atoms with Crippen molar-refractivity contribution < 1.29 is 8.42 Å². The molecule has 108 valence electrons. The van der Waals surface area contributed by atoms with Gasteiger partial charge in [-0.1, -0.05) is 6.07 Å². The minimum absolute atomic E-state index is 0.158. The van der Waals surface area contributed by atoms with Crippen LogP contribution in [0.25, 0.3) is 0 Å². The van der Waals surface area contributed by atoms with Crippen molar-refractivity contribution in [3.05, 3.63) is 23.8 Å². The average Bonchev–Trinajstić information content (AvgIpc) is 2.27. The molecule has 5 nitrogen and oxygen atoms in total. The first-order valence-electron chi connectivity index (χ1n) is 6.33. The SMILES string of the molecule is Cc1ccc(S(=O)(=O)NCCCCN(C)C)c(N)c1. The maximum atomic E-state index is 12.1. The van der Waals surface area contributed by atoms with E-state index in [1.807, 2.05) is 21.0 Å². The molecule has 1 aromatic carbocycles. The minimum Gasteiger partial charge on any atom is -0.398 e. The first kappa shape index (κ1) is 15.9. The second-order valence-corrected chi connectivity index (χ2v) is 6.68. The lowest BCUT2D eigenvalue weighted by Crippen LogP contribution is -2.26. The number of sulfonamides is 1. The molecule has 0 aliphatic carbocycles. The number of aryl methyl sites for hydroxylation is 1. The molecule has 0 atom stereocenters. The number of nitrogens with zero attached hydrogens (tertiary/aromatic N) is 1. The largest absolute Gasteiger partial charge is 0.398 e. The Morgan fingerprint density at radius 3 is 2.53 bits per heavy atom. The zero-order valence-electron chi connectivity index (χ0n) is 11.8. The van der Waals surface area contributed by atoms with Crippen LogP contribution in [0.1, 0.15) is 18.4 Å². The van der Waals surface area contributed by atoms with Gasteiger partial charge in [0.05, 0.1) is 5.69 Å². The molecule has 6 heteroatoms. The van der Waals surface area contributed by atoms with Gasteiger partial charge < -0.3 is 10.6 Å². The molecule has 0 saturated heterocycles. The fourth-order valence-electron chi connectivity index (χ4n) is 1.75. The molecule has 0 amide bonds. The molecular formula is C13H23N3O2S. The third kappa shape index (κ3) is 5.18. The molecule has 0 aliphatic rings. The summed E-state index contributed by atoms with van der Waals surface area (Å²) in [5, 5.41) is 0. The predicted molar refractivity (Wildman–Crippen MR) is 78.6 cm³/mol. The number of nitrogen functional groups attached to an aromatic ring is 1. The fourth-order valence-corrected chi connectivity index (χ4v) is 2.93. The van der Waals surface area contributed by atoms with E-state index in [9.17, 15) is 8.42 Å². The smallest absolute Gasteiger partial charge is 0.242 e. The number of nitrogens with two attached hydrogens (primary N) is 1. The van der Waals surface area contributed by atoms with E-state index >= 15 is 0 Å². The zero-order valence-corrected chi connectivity index (χ0v) is 12.6. The summed E-state index contributed by atoms with van der Waals surface area (Å²) in [7, 11) is 0.497. The Labute approximate surface area is 115 Å². The second-order valence-electron chi connectivity index (χ2n) is 4.95. The molecule has 0 radical (unpaired) electrons. The number of unbranched alkanes of at least 4 members (excludes halogenated alkanes) is 1. The molecular weight excluding hydrogens is 262 g/mol. The Bertz CT molecular complexity index is 513. The number of hydrogen-bond acceptors (Lipinski definition) is 4. The highest BCUT2D eigenvalue weighted by atomic mass is 32.2. The first-order valence-corrected chi connectivity index (χ1v) is 7.82. The second kappa shape index (κ2) is 6.88. The van der Waals surface area contributed by atoms with Crippen LogP contribution in [0.2, 0.25) is 0 Å². The Morgan fingerprint density at radius 1 is 1.26 bits per heavy atom. The van der Waals surface area contributed by atoms with Crippen LogP contribution in [-0.2, 0) is 10.0 Å². The first-order chi connectivity index (χ1) is 8.83. The minimum atomic E-state index is -3.50. The number of rotatable bonds is 7. The Kier molecular flexibility index (Phi) is 5.78. The van der Waals surface area contributed by atoms with Gasteiger partial charge >= 0.3 is 0 Å². The van der Waals surface area contributed by atoms with E-state index in [4.69, 9.17) is 5.73 Å². The van der Waals surface area contributed by atoms with Gasteiger partial charge in [0.25, 0.3) is 0 Å². The van der Waals surface area contributed by atoms with Crippen LogP contribution in [0.5, 0.6) is 0 Å². The van der Waals surface area contributed by atoms with Gasteiger partial charge in [-0.25, -0.2) is 13.1 Å². The number of anilines is 1. The van der Waals surface area contributed by atoms with Crippen LogP contribution in [0.15, 0.2) is 23.1 Å². The van der Waals surface area contributed by atoms with Gasteiger partial charge in [0, 0.05) is 6.54 Å². The summed E-state index contributed by atoms with van der Waals surface area (Å²) in [5.74, 6) is 0. The molecule has 1 rings (SSSR count). The molecule has 19 heavy (non-hydrogen) atoms. The van der Waals surface area contributed by atoms with Gasteiger partial charge in [0.15, 0.2) is 0 Å². The van der Waals surface area contributed by atoms with E-state index in [-0.39, 0.29) is 4.90 Å². The fraction of sp³-hybridized carbons (Fsp3) is 0.538. The average molecular weight is 285 g/mol. The van der Waals surface area contributed by atoms with Crippen LogP contribution >= 0.6 is 0 Å². The highest BCUT2D eigenvalue weighted by Gasteiger charge is 2.16. The van der Waals surface area contributed by atoms with Crippen LogP contribution in [0.4, 0.5) is 5.69 Å². The number of hydrogen-bond donors (Lipinski definition) is 2. The van der Waals surface area contributed by atoms with Crippen molar-refractivity contribution in [2.75, 3.05) is 32.9 Å². The molecule has 0 bridgehead atoms. The van der Waals surface area contributed by atoms with Gasteiger partial charge in [0.1, 0.15) is 4.90 Å². The molecule has 1 aromatic rings. The molecule has 0 heterocycles. The van der Waals surface area contributed by atoms with Gasteiger partial charge in [-0.15, -0.1) is 0 Å². The van der Waals surface area contributed by atoms with Crippen molar-refractivity contribution >= 4 is 15.7 Å². The molecule has 0 aromatic heterocycles. The quantitative estimate of drug-likeness (QED) is 0.583. The van der Waals surface area contributed by atoms with E-state index in [1.54, 1.807) is 18.2 Å². The Balaban J connectivity index is 2.56. The third-order valence-electron chi connectivity index (χ3n) is 2.78. The van der Waals surface area contributed by atoms with Crippen LogP contribution in [-0.4, -0.2) is 40.5 Å². The lowest BCUT2D eigenvalue weighted by molar-refractivity contribution is 0.394. The lowest BCUT2D eigenvalue weighted by atomic mass is 10.2. The maximum absolute atomic E-state index is 12.1. The summed E-state index contributed by atoms with van der Waals surface area (Å²) in [6.45, 7) is 3.26. The highest BCUT2D eigenvalue weighted by Crippen LogP contribution is 2.19. The molecule has 0 aliphatic heterocycles. The van der Waals surface area contributed by atoms with Crippen molar-refractivity contribution in [2.45, 2.75) is 24.7 Å². The summed E-state index contributed by atoms with van der Waals surface area (Å²) in [6.07, 6.45) is 1.77. The van der Waals surface area contributed by atoms with E-state index in [1.165, 1.54) is 0 Å². The summed E-state index contributed by atoms with van der Waals surface area (Å²) in [6, 6.07) is 4.96. The van der Waals surface area contributed by atoms with Crippen LogP contribution < -0.4 is 10.5 Å². The third-order valence-corrected chi connectivity index (χ3v) is 4.31. The van der Waals surface area contributed by atoms with Gasteiger partial charge in [-0.2, -0.15) is 0 Å². The van der Waals surface area contributed by atoms with E-state index in [0.29, 0.717) is 12.2 Å². The van der Waals surface area contributed by atoms with Gasteiger partial charge in [-0.3, -0.25) is 0 Å².